The average molecular weight is 395 g/mol. The van der Waals surface area contributed by atoms with Crippen molar-refractivity contribution in [2.24, 2.45) is 0 Å². The summed E-state index contributed by atoms with van der Waals surface area (Å²) >= 11 is 0. The van der Waals surface area contributed by atoms with Gasteiger partial charge in [-0.15, -0.1) is 0 Å². The van der Waals surface area contributed by atoms with Gasteiger partial charge in [-0.3, -0.25) is 19.7 Å². The van der Waals surface area contributed by atoms with Crippen LogP contribution in [0.5, 0.6) is 5.75 Å². The summed E-state index contributed by atoms with van der Waals surface area (Å²) < 4.78 is 5.07. The Morgan fingerprint density at radius 1 is 1.24 bits per heavy atom. The largest absolute Gasteiger partial charge is 0.497 e. The fourth-order valence-corrected chi connectivity index (χ4v) is 3.98. The van der Waals surface area contributed by atoms with E-state index >= 15 is 0 Å². The number of likely N-dealkylation sites (tertiary alicyclic amines) is 1. The molecule has 2 aromatic carbocycles. The van der Waals surface area contributed by atoms with Gasteiger partial charge in [0.2, 0.25) is 5.91 Å². The highest BCUT2D eigenvalue weighted by atomic mass is 16.6. The van der Waals surface area contributed by atoms with Crippen LogP contribution in [0.2, 0.25) is 0 Å². The van der Waals surface area contributed by atoms with Crippen LogP contribution in [0, 0.1) is 10.1 Å². The lowest BCUT2D eigenvalue weighted by atomic mass is 10.1. The molecule has 1 saturated carbocycles. The number of rotatable bonds is 6. The van der Waals surface area contributed by atoms with Crippen molar-refractivity contribution in [3.63, 3.8) is 0 Å². The minimum absolute atomic E-state index is 0.00104. The Bertz CT molecular complexity index is 962. The van der Waals surface area contributed by atoms with Gasteiger partial charge in [0, 0.05) is 31.0 Å². The smallest absolute Gasteiger partial charge is 0.282 e. The highest BCUT2D eigenvalue weighted by Crippen LogP contribution is 2.45. The van der Waals surface area contributed by atoms with Crippen LogP contribution >= 0.6 is 0 Å². The number of carbonyl (C=O) groups is 2. The maximum absolute atomic E-state index is 12.7. The van der Waals surface area contributed by atoms with E-state index in [1.807, 2.05) is 23.1 Å². The molecular formula is C21H21N3O5. The molecule has 2 aromatic rings. The van der Waals surface area contributed by atoms with E-state index in [1.54, 1.807) is 0 Å². The van der Waals surface area contributed by atoms with Gasteiger partial charge in [-0.05, 0) is 24.1 Å². The Balaban J connectivity index is 1.43. The zero-order valence-electron chi connectivity index (χ0n) is 15.9. The molecule has 2 aliphatic rings. The summed E-state index contributed by atoms with van der Waals surface area (Å²) in [5.74, 6) is 0.104. The van der Waals surface area contributed by atoms with Gasteiger partial charge >= 0.3 is 0 Å². The molecule has 0 unspecified atom stereocenters. The lowest BCUT2D eigenvalue weighted by Gasteiger charge is -2.17. The molecule has 8 heteroatoms. The number of carbonyl (C=O) groups excluding carboxylic acids is 2. The first-order chi connectivity index (χ1) is 14.0. The molecule has 0 spiro atoms. The molecule has 1 aliphatic carbocycles. The van der Waals surface area contributed by atoms with Gasteiger partial charge in [0.05, 0.1) is 18.1 Å². The molecule has 0 bridgehead atoms. The number of amides is 2. The number of nitrogens with one attached hydrogen (secondary N) is 1. The number of methoxy groups -OCH3 is 1. The van der Waals surface area contributed by atoms with Gasteiger partial charge in [-0.25, -0.2) is 0 Å². The molecule has 29 heavy (non-hydrogen) atoms. The number of hydrogen-bond donors (Lipinski definition) is 1. The van der Waals surface area contributed by atoms with Crippen LogP contribution in [0.1, 0.15) is 34.7 Å². The molecule has 2 amide bonds. The minimum atomic E-state index is -0.602. The van der Waals surface area contributed by atoms with Crippen molar-refractivity contribution in [1.29, 1.82) is 0 Å². The standard InChI is InChI=1S/C21H21N3O5/c1-29-15-7-8-18(24(27)28)17(10-15)21(26)22-14-9-20(25)23(12-14)19-11-16(19)13-5-3-2-4-6-13/h2-8,10,14,16,19H,9,11-12H2,1H3,(H,22,26)/t14-,16-,19-/m1/s1. The third-order valence-corrected chi connectivity index (χ3v) is 5.52. The van der Waals surface area contributed by atoms with Gasteiger partial charge in [-0.2, -0.15) is 0 Å². The lowest BCUT2D eigenvalue weighted by Crippen LogP contribution is -2.38. The molecular weight excluding hydrogens is 374 g/mol. The molecule has 1 N–H and O–H groups in total. The third kappa shape index (κ3) is 3.78. The van der Waals surface area contributed by atoms with Gasteiger partial charge < -0.3 is 15.0 Å². The Labute approximate surface area is 167 Å². The Morgan fingerprint density at radius 3 is 2.69 bits per heavy atom. The lowest BCUT2D eigenvalue weighted by molar-refractivity contribution is -0.385. The molecule has 2 fully saturated rings. The fourth-order valence-electron chi connectivity index (χ4n) is 3.98. The van der Waals surface area contributed by atoms with E-state index < -0.39 is 10.8 Å². The number of benzene rings is 2. The number of hydrogen-bond acceptors (Lipinski definition) is 5. The molecule has 150 valence electrons. The predicted octanol–water partition coefficient (Wildman–Crippen LogP) is 2.49. The summed E-state index contributed by atoms with van der Waals surface area (Å²) in [5, 5.41) is 14.0. The van der Waals surface area contributed by atoms with Crippen LogP contribution in [0.3, 0.4) is 0 Å². The van der Waals surface area contributed by atoms with E-state index in [0.29, 0.717) is 18.2 Å². The quantitative estimate of drug-likeness (QED) is 0.598. The van der Waals surface area contributed by atoms with Crippen molar-refractivity contribution in [2.75, 3.05) is 13.7 Å². The second kappa shape index (κ2) is 7.54. The average Bonchev–Trinajstić information content (AvgIpc) is 3.44. The highest BCUT2D eigenvalue weighted by molar-refractivity contribution is 5.99. The molecule has 0 aromatic heterocycles. The first kappa shape index (κ1) is 18.9. The summed E-state index contributed by atoms with van der Waals surface area (Å²) in [7, 11) is 1.43. The van der Waals surface area contributed by atoms with Crippen LogP contribution in [-0.4, -0.2) is 47.4 Å². The summed E-state index contributed by atoms with van der Waals surface area (Å²) in [5.41, 5.74) is 0.842. The van der Waals surface area contributed by atoms with Crippen molar-refractivity contribution in [2.45, 2.75) is 30.8 Å². The molecule has 4 rings (SSSR count). The third-order valence-electron chi connectivity index (χ3n) is 5.52. The zero-order valence-corrected chi connectivity index (χ0v) is 15.9. The first-order valence-corrected chi connectivity index (χ1v) is 9.45. The number of nitro benzene ring substituents is 1. The van der Waals surface area contributed by atoms with Gasteiger partial charge in [0.1, 0.15) is 11.3 Å². The topological polar surface area (TPSA) is 102 Å². The summed E-state index contributed by atoms with van der Waals surface area (Å²) in [6.45, 7) is 0.413. The van der Waals surface area contributed by atoms with Crippen LogP contribution in [-0.2, 0) is 4.79 Å². The second-order valence-electron chi connectivity index (χ2n) is 7.38. The van der Waals surface area contributed by atoms with Crippen molar-refractivity contribution < 1.29 is 19.2 Å². The molecule has 1 saturated heterocycles. The summed E-state index contributed by atoms with van der Waals surface area (Å²) in [6, 6.07) is 13.9. The van der Waals surface area contributed by atoms with E-state index in [0.717, 1.165) is 6.42 Å². The van der Waals surface area contributed by atoms with Crippen molar-refractivity contribution in [1.82, 2.24) is 10.2 Å². The maximum Gasteiger partial charge on any atom is 0.282 e. The molecule has 0 radical (unpaired) electrons. The van der Waals surface area contributed by atoms with Gasteiger partial charge in [0.15, 0.2) is 0 Å². The monoisotopic (exact) mass is 395 g/mol. The molecule has 1 aliphatic heterocycles. The van der Waals surface area contributed by atoms with Crippen LogP contribution in [0.4, 0.5) is 5.69 Å². The van der Waals surface area contributed by atoms with Crippen LogP contribution in [0.25, 0.3) is 0 Å². The van der Waals surface area contributed by atoms with E-state index in [-0.39, 0.29) is 35.7 Å². The van der Waals surface area contributed by atoms with Crippen molar-refractivity contribution in [3.05, 3.63) is 69.8 Å². The van der Waals surface area contributed by atoms with Crippen molar-refractivity contribution in [3.8, 4) is 5.75 Å². The highest BCUT2D eigenvalue weighted by Gasteiger charge is 2.48. The van der Waals surface area contributed by atoms with E-state index in [4.69, 9.17) is 4.74 Å². The van der Waals surface area contributed by atoms with E-state index in [2.05, 4.69) is 17.4 Å². The number of ether oxygens (including phenoxy) is 1. The van der Waals surface area contributed by atoms with E-state index in [9.17, 15) is 19.7 Å². The molecule has 8 nitrogen and oxygen atoms in total. The van der Waals surface area contributed by atoms with Crippen LogP contribution < -0.4 is 10.1 Å². The van der Waals surface area contributed by atoms with Gasteiger partial charge in [-0.1, -0.05) is 30.3 Å². The Morgan fingerprint density at radius 2 is 2.00 bits per heavy atom. The maximum atomic E-state index is 12.7. The predicted molar refractivity (Wildman–Crippen MR) is 105 cm³/mol. The Hall–Kier alpha value is -3.42. The first-order valence-electron chi connectivity index (χ1n) is 9.45. The minimum Gasteiger partial charge on any atom is -0.497 e. The number of nitro groups is 1. The Kier molecular flexibility index (Phi) is 4.92. The molecule has 1 heterocycles. The van der Waals surface area contributed by atoms with E-state index in [1.165, 1.54) is 30.9 Å². The number of nitrogens with zero attached hydrogens (tertiary/aromatic N) is 2. The SMILES string of the molecule is COc1ccc([N+](=O)[O-])c(C(=O)N[C@@H]2CC(=O)N([C@@H]3C[C@@H]3c3ccccc3)C2)c1. The normalized spacial score (nSPS) is 23.0. The zero-order chi connectivity index (χ0) is 20.5. The van der Waals surface area contributed by atoms with Gasteiger partial charge in [0.25, 0.3) is 11.6 Å². The summed E-state index contributed by atoms with van der Waals surface area (Å²) in [6.07, 6.45) is 1.11. The molecule has 3 atom stereocenters. The van der Waals surface area contributed by atoms with Crippen LogP contribution in [0.15, 0.2) is 48.5 Å². The summed E-state index contributed by atoms with van der Waals surface area (Å²) in [4.78, 5) is 37.6. The fraction of sp³-hybridized carbons (Fsp3) is 0.333. The van der Waals surface area contributed by atoms with Crippen molar-refractivity contribution >= 4 is 17.5 Å². The second-order valence-corrected chi connectivity index (χ2v) is 7.38.